The molecule has 3 atom stereocenters. The summed E-state index contributed by atoms with van der Waals surface area (Å²) in [5.74, 6) is 3.89. The van der Waals surface area contributed by atoms with Gasteiger partial charge >= 0.3 is 0 Å². The van der Waals surface area contributed by atoms with Crippen molar-refractivity contribution in [2.75, 3.05) is 5.88 Å². The van der Waals surface area contributed by atoms with Crippen LogP contribution in [0.15, 0.2) is 24.3 Å². The van der Waals surface area contributed by atoms with Crippen molar-refractivity contribution >= 4 is 11.6 Å². The van der Waals surface area contributed by atoms with Crippen LogP contribution in [0.4, 0.5) is 0 Å². The third-order valence-corrected chi connectivity index (χ3v) is 5.68. The highest BCUT2D eigenvalue weighted by molar-refractivity contribution is 6.18. The number of para-hydroxylation sites is 1. The Morgan fingerprint density at radius 2 is 2.00 bits per heavy atom. The minimum Gasteiger partial charge on any atom is -0.490 e. The zero-order valence-corrected chi connectivity index (χ0v) is 11.3. The van der Waals surface area contributed by atoms with E-state index in [1.165, 1.54) is 24.8 Å². The summed E-state index contributed by atoms with van der Waals surface area (Å²) in [5.41, 5.74) is 1.75. The second-order valence-electron chi connectivity index (χ2n) is 6.55. The van der Waals surface area contributed by atoms with Crippen LogP contribution in [0.5, 0.6) is 5.75 Å². The van der Waals surface area contributed by atoms with Gasteiger partial charge in [-0.15, -0.1) is 11.6 Å². The molecule has 0 spiro atoms. The summed E-state index contributed by atoms with van der Waals surface area (Å²) in [6.45, 7) is 0. The van der Waals surface area contributed by atoms with Crippen molar-refractivity contribution in [3.63, 3.8) is 0 Å². The van der Waals surface area contributed by atoms with Crippen molar-refractivity contribution in [2.24, 2.45) is 17.3 Å². The third kappa shape index (κ3) is 1.75. The zero-order chi connectivity index (χ0) is 12.2. The van der Waals surface area contributed by atoms with Gasteiger partial charge in [-0.2, -0.15) is 0 Å². The summed E-state index contributed by atoms with van der Waals surface area (Å²) in [6, 6.07) is 8.44. The largest absolute Gasteiger partial charge is 0.490 e. The van der Waals surface area contributed by atoms with E-state index in [9.17, 15) is 0 Å². The number of ether oxygens (including phenoxy) is 1. The number of halogens is 1. The number of hydrogen-bond donors (Lipinski definition) is 0. The predicted molar refractivity (Wildman–Crippen MR) is 73.2 cm³/mol. The first-order valence-electron chi connectivity index (χ1n) is 7.09. The van der Waals surface area contributed by atoms with E-state index in [0.29, 0.717) is 11.5 Å². The zero-order valence-electron chi connectivity index (χ0n) is 10.6. The van der Waals surface area contributed by atoms with Crippen molar-refractivity contribution < 1.29 is 4.74 Å². The van der Waals surface area contributed by atoms with Gasteiger partial charge in [-0.25, -0.2) is 0 Å². The molecule has 18 heavy (non-hydrogen) atoms. The van der Waals surface area contributed by atoms with Gasteiger partial charge in [-0.1, -0.05) is 18.2 Å². The third-order valence-electron chi connectivity index (χ3n) is 5.12. The molecule has 4 rings (SSSR count). The molecular weight excluding hydrogens is 244 g/mol. The molecule has 2 saturated carbocycles. The molecule has 0 amide bonds. The van der Waals surface area contributed by atoms with Crippen LogP contribution in [-0.2, 0) is 6.42 Å². The number of benzene rings is 1. The molecule has 1 aliphatic heterocycles. The summed E-state index contributed by atoms with van der Waals surface area (Å²) >= 11 is 6.28. The Morgan fingerprint density at radius 1 is 1.22 bits per heavy atom. The number of fused-ring (bicyclic) bond motifs is 2. The first-order chi connectivity index (χ1) is 8.78. The first kappa shape index (κ1) is 11.2. The lowest BCUT2D eigenvalue weighted by atomic mass is 9.79. The molecule has 3 aliphatic rings. The van der Waals surface area contributed by atoms with Crippen LogP contribution < -0.4 is 4.74 Å². The van der Waals surface area contributed by atoms with Gasteiger partial charge in [-0.05, 0) is 54.6 Å². The second-order valence-corrected chi connectivity index (χ2v) is 6.82. The quantitative estimate of drug-likeness (QED) is 0.747. The maximum absolute atomic E-state index is 6.28. The van der Waals surface area contributed by atoms with Crippen LogP contribution in [0.2, 0.25) is 0 Å². The summed E-state index contributed by atoms with van der Waals surface area (Å²) < 4.78 is 6.09. The van der Waals surface area contributed by atoms with Gasteiger partial charge in [0.15, 0.2) is 0 Å². The van der Waals surface area contributed by atoms with Crippen LogP contribution >= 0.6 is 11.6 Å². The average Bonchev–Trinajstić information content (AvgIpc) is 2.85. The number of alkyl halides is 1. The molecule has 0 radical (unpaired) electrons. The molecule has 1 aromatic rings. The molecule has 1 heterocycles. The smallest absolute Gasteiger partial charge is 0.123 e. The van der Waals surface area contributed by atoms with Crippen LogP contribution in [0.3, 0.4) is 0 Å². The van der Waals surface area contributed by atoms with Crippen LogP contribution in [-0.4, -0.2) is 12.0 Å². The lowest BCUT2D eigenvalue weighted by molar-refractivity contribution is 0.142. The van der Waals surface area contributed by atoms with Crippen LogP contribution in [0.1, 0.15) is 31.2 Å². The van der Waals surface area contributed by atoms with Gasteiger partial charge in [-0.3, -0.25) is 0 Å². The molecule has 3 unspecified atom stereocenters. The Morgan fingerprint density at radius 3 is 2.72 bits per heavy atom. The Balaban J connectivity index is 1.47. The van der Waals surface area contributed by atoms with Gasteiger partial charge in [0.05, 0.1) is 0 Å². The molecule has 96 valence electrons. The summed E-state index contributed by atoms with van der Waals surface area (Å²) in [4.78, 5) is 0. The highest BCUT2D eigenvalue weighted by atomic mass is 35.5. The maximum atomic E-state index is 6.28. The van der Waals surface area contributed by atoms with Gasteiger partial charge in [0.2, 0.25) is 0 Å². The average molecular weight is 263 g/mol. The van der Waals surface area contributed by atoms with Gasteiger partial charge < -0.3 is 4.74 Å². The van der Waals surface area contributed by atoms with Crippen molar-refractivity contribution in [1.29, 1.82) is 0 Å². The predicted octanol–water partition coefficient (Wildman–Crippen LogP) is 4.04. The van der Waals surface area contributed by atoms with Gasteiger partial charge in [0.1, 0.15) is 11.9 Å². The van der Waals surface area contributed by atoms with E-state index in [4.69, 9.17) is 16.3 Å². The van der Waals surface area contributed by atoms with E-state index in [-0.39, 0.29) is 0 Å². The van der Waals surface area contributed by atoms with Gasteiger partial charge in [0, 0.05) is 12.3 Å². The maximum Gasteiger partial charge on any atom is 0.123 e. The molecule has 0 aromatic heterocycles. The molecule has 2 aliphatic carbocycles. The molecule has 2 heteroatoms. The molecule has 1 nitrogen and oxygen atoms in total. The molecular formula is C16H19ClO. The number of hydrogen-bond acceptors (Lipinski definition) is 1. The van der Waals surface area contributed by atoms with Crippen molar-refractivity contribution in [3.8, 4) is 5.75 Å². The minimum atomic E-state index is 0.360. The molecule has 0 N–H and O–H groups in total. The van der Waals surface area contributed by atoms with Crippen LogP contribution in [0, 0.1) is 17.3 Å². The molecule has 0 saturated heterocycles. The molecule has 1 aromatic carbocycles. The fraction of sp³-hybridized carbons (Fsp3) is 0.625. The van der Waals surface area contributed by atoms with E-state index < -0.39 is 0 Å². The van der Waals surface area contributed by atoms with Gasteiger partial charge in [0.25, 0.3) is 0 Å². The molecule has 2 fully saturated rings. The fourth-order valence-corrected chi connectivity index (χ4v) is 4.51. The van der Waals surface area contributed by atoms with E-state index in [1.54, 1.807) is 0 Å². The topological polar surface area (TPSA) is 9.23 Å². The van der Waals surface area contributed by atoms with E-state index in [1.807, 2.05) is 0 Å². The van der Waals surface area contributed by atoms with Crippen molar-refractivity contribution in [1.82, 2.24) is 0 Å². The standard InChI is InChI=1S/C16H19ClO/c17-10-16(7-12-5-13(12)8-16)9-14-6-11-3-1-2-4-15(11)18-14/h1-4,12-14H,5-10H2. The second kappa shape index (κ2) is 3.90. The van der Waals surface area contributed by atoms with Crippen LogP contribution in [0.25, 0.3) is 0 Å². The summed E-state index contributed by atoms with van der Waals surface area (Å²) in [6.07, 6.45) is 6.74. The Hall–Kier alpha value is -0.690. The lowest BCUT2D eigenvalue weighted by Crippen LogP contribution is -2.29. The fourth-order valence-electron chi connectivity index (χ4n) is 4.19. The van der Waals surface area contributed by atoms with E-state index in [0.717, 1.165) is 36.3 Å². The Kier molecular flexibility index (Phi) is 2.42. The summed E-state index contributed by atoms with van der Waals surface area (Å²) in [5, 5.41) is 0. The van der Waals surface area contributed by atoms with E-state index in [2.05, 4.69) is 24.3 Å². The normalized spacial score (nSPS) is 40.2. The SMILES string of the molecule is ClCC1(CC2Cc3ccccc3O2)CC2CC2C1. The lowest BCUT2D eigenvalue weighted by Gasteiger charge is -2.31. The molecule has 0 bridgehead atoms. The Bertz CT molecular complexity index is 435. The van der Waals surface area contributed by atoms with Crippen molar-refractivity contribution in [3.05, 3.63) is 29.8 Å². The summed E-state index contributed by atoms with van der Waals surface area (Å²) in [7, 11) is 0. The monoisotopic (exact) mass is 262 g/mol. The number of rotatable bonds is 3. The minimum absolute atomic E-state index is 0.360. The first-order valence-corrected chi connectivity index (χ1v) is 7.62. The van der Waals surface area contributed by atoms with Crippen molar-refractivity contribution in [2.45, 2.75) is 38.2 Å². The highest BCUT2D eigenvalue weighted by Gasteiger charge is 2.54. The highest BCUT2D eigenvalue weighted by Crippen LogP contribution is 2.62. The Labute approximate surface area is 113 Å². The van der Waals surface area contributed by atoms with E-state index >= 15 is 0 Å².